The Balaban J connectivity index is 1.77. The monoisotopic (exact) mass is 408 g/mol. The van der Waals surface area contributed by atoms with Crippen LogP contribution in [0.4, 0.5) is 0 Å². The highest BCUT2D eigenvalue weighted by molar-refractivity contribution is 9.10. The van der Waals surface area contributed by atoms with E-state index in [0.29, 0.717) is 11.0 Å². The Kier molecular flexibility index (Phi) is 4.50. The zero-order chi connectivity index (χ0) is 17.4. The average Bonchev–Trinajstić information content (AvgIpc) is 3.34. The highest BCUT2D eigenvalue weighted by Gasteiger charge is 2.44. The van der Waals surface area contributed by atoms with E-state index in [4.69, 9.17) is 5.14 Å². The summed E-state index contributed by atoms with van der Waals surface area (Å²) in [7, 11) is -3.85. The summed E-state index contributed by atoms with van der Waals surface area (Å²) in [4.78, 5) is 12.4. The molecule has 0 radical (unpaired) electrons. The Labute approximate surface area is 149 Å². The van der Waals surface area contributed by atoms with Crippen molar-refractivity contribution in [1.82, 2.24) is 5.32 Å². The van der Waals surface area contributed by atoms with Crippen molar-refractivity contribution in [2.45, 2.75) is 23.2 Å². The van der Waals surface area contributed by atoms with E-state index in [1.807, 2.05) is 18.2 Å². The molecule has 0 unspecified atom stereocenters. The van der Waals surface area contributed by atoms with Crippen molar-refractivity contribution in [3.05, 3.63) is 64.1 Å². The molecular weight excluding hydrogens is 392 g/mol. The van der Waals surface area contributed by atoms with Crippen LogP contribution in [0.5, 0.6) is 0 Å². The third-order valence-corrected chi connectivity index (χ3v) is 5.94. The molecule has 2 aromatic carbocycles. The minimum absolute atomic E-state index is 0.0129. The number of hydrogen-bond donors (Lipinski definition) is 2. The fourth-order valence-electron chi connectivity index (χ4n) is 2.71. The van der Waals surface area contributed by atoms with Gasteiger partial charge in [0.2, 0.25) is 10.0 Å². The molecule has 1 fully saturated rings. The van der Waals surface area contributed by atoms with Gasteiger partial charge in [-0.2, -0.15) is 0 Å². The molecule has 3 rings (SSSR count). The number of halogens is 1. The smallest absolute Gasteiger partial charge is 0.252 e. The van der Waals surface area contributed by atoms with Gasteiger partial charge >= 0.3 is 0 Å². The molecule has 5 nitrogen and oxygen atoms in total. The molecule has 0 atom stereocenters. The summed E-state index contributed by atoms with van der Waals surface area (Å²) < 4.78 is 23.4. The molecule has 1 aliphatic carbocycles. The van der Waals surface area contributed by atoms with E-state index in [1.54, 1.807) is 0 Å². The van der Waals surface area contributed by atoms with E-state index < -0.39 is 10.0 Å². The van der Waals surface area contributed by atoms with Crippen LogP contribution < -0.4 is 10.5 Å². The first kappa shape index (κ1) is 17.1. The molecule has 0 saturated heterocycles. The van der Waals surface area contributed by atoms with Crippen molar-refractivity contribution in [1.29, 1.82) is 0 Å². The van der Waals surface area contributed by atoms with Gasteiger partial charge in [0.25, 0.3) is 5.91 Å². The summed E-state index contributed by atoms with van der Waals surface area (Å²) in [6.07, 6.45) is 2.05. The summed E-state index contributed by atoms with van der Waals surface area (Å²) in [5.41, 5.74) is 1.45. The summed E-state index contributed by atoms with van der Waals surface area (Å²) in [6, 6.07) is 14.2. The normalized spacial score (nSPS) is 15.8. The number of carbonyl (C=O) groups excluding carboxylic acids is 1. The Morgan fingerprint density at radius 1 is 1.17 bits per heavy atom. The van der Waals surface area contributed by atoms with Gasteiger partial charge < -0.3 is 5.32 Å². The van der Waals surface area contributed by atoms with E-state index >= 15 is 0 Å². The number of nitrogens with two attached hydrogens (primary N) is 1. The van der Waals surface area contributed by atoms with Gasteiger partial charge in [-0.1, -0.05) is 30.3 Å². The number of amides is 1. The average molecular weight is 409 g/mol. The Morgan fingerprint density at radius 3 is 2.42 bits per heavy atom. The lowest BCUT2D eigenvalue weighted by Crippen LogP contribution is -2.32. The maximum Gasteiger partial charge on any atom is 0.252 e. The van der Waals surface area contributed by atoms with Gasteiger partial charge in [0.15, 0.2) is 0 Å². The maximum atomic E-state index is 12.5. The fraction of sp³-hybridized carbons (Fsp3) is 0.235. The second-order valence-electron chi connectivity index (χ2n) is 6.02. The number of sulfonamides is 1. The summed E-state index contributed by atoms with van der Waals surface area (Å²) in [5.74, 6) is -0.324. The van der Waals surface area contributed by atoms with E-state index in [9.17, 15) is 13.2 Å². The quantitative estimate of drug-likeness (QED) is 0.796. The predicted molar refractivity (Wildman–Crippen MR) is 95.2 cm³/mol. The third kappa shape index (κ3) is 3.53. The van der Waals surface area contributed by atoms with Crippen molar-refractivity contribution in [3.8, 4) is 0 Å². The molecule has 0 heterocycles. The number of primary sulfonamides is 1. The maximum absolute atomic E-state index is 12.5. The Morgan fingerprint density at radius 2 is 1.83 bits per heavy atom. The van der Waals surface area contributed by atoms with Gasteiger partial charge in [0.05, 0.1) is 10.5 Å². The van der Waals surface area contributed by atoms with Gasteiger partial charge in [-0.15, -0.1) is 0 Å². The number of carbonyl (C=O) groups is 1. The molecule has 126 valence electrons. The van der Waals surface area contributed by atoms with Crippen LogP contribution in [-0.2, 0) is 15.4 Å². The van der Waals surface area contributed by atoms with Gasteiger partial charge in [0.1, 0.15) is 0 Å². The van der Waals surface area contributed by atoms with Crippen molar-refractivity contribution in [2.24, 2.45) is 5.14 Å². The van der Waals surface area contributed by atoms with Crippen LogP contribution in [-0.4, -0.2) is 20.9 Å². The molecular formula is C17H17BrN2O3S. The van der Waals surface area contributed by atoms with Crippen LogP contribution in [0.1, 0.15) is 28.8 Å². The van der Waals surface area contributed by atoms with Crippen LogP contribution in [0.3, 0.4) is 0 Å². The van der Waals surface area contributed by atoms with E-state index in [2.05, 4.69) is 33.4 Å². The first-order valence-corrected chi connectivity index (χ1v) is 9.82. The molecule has 7 heteroatoms. The summed E-state index contributed by atoms with van der Waals surface area (Å²) in [5, 5.41) is 8.05. The zero-order valence-electron chi connectivity index (χ0n) is 12.8. The molecule has 1 saturated carbocycles. The standard InChI is InChI=1S/C17H17BrN2O3S/c18-15-7-6-13(24(19,22)23)10-14(15)16(21)20-11-17(8-9-17)12-4-2-1-3-5-12/h1-7,10H,8-9,11H2,(H,20,21)(H2,19,22,23). The van der Waals surface area contributed by atoms with E-state index in [1.165, 1.54) is 23.8 Å². The third-order valence-electron chi connectivity index (χ3n) is 4.34. The Bertz CT molecular complexity index is 878. The molecule has 1 amide bonds. The zero-order valence-corrected chi connectivity index (χ0v) is 15.2. The Hall–Kier alpha value is -1.70. The van der Waals surface area contributed by atoms with Crippen molar-refractivity contribution in [2.75, 3.05) is 6.54 Å². The largest absolute Gasteiger partial charge is 0.351 e. The first-order valence-electron chi connectivity index (χ1n) is 7.48. The molecule has 1 aliphatic rings. The molecule has 0 spiro atoms. The lowest BCUT2D eigenvalue weighted by atomic mass is 9.96. The van der Waals surface area contributed by atoms with Crippen LogP contribution >= 0.6 is 15.9 Å². The van der Waals surface area contributed by atoms with Gasteiger partial charge in [-0.3, -0.25) is 4.79 Å². The lowest BCUT2D eigenvalue weighted by molar-refractivity contribution is 0.0948. The second-order valence-corrected chi connectivity index (χ2v) is 8.43. The fourth-order valence-corrected chi connectivity index (χ4v) is 3.68. The molecule has 0 bridgehead atoms. The summed E-state index contributed by atoms with van der Waals surface area (Å²) in [6.45, 7) is 0.516. The van der Waals surface area contributed by atoms with Crippen molar-refractivity contribution in [3.63, 3.8) is 0 Å². The molecule has 0 aliphatic heterocycles. The highest BCUT2D eigenvalue weighted by atomic mass is 79.9. The van der Waals surface area contributed by atoms with Crippen LogP contribution in [0.15, 0.2) is 57.9 Å². The molecule has 0 aromatic heterocycles. The minimum Gasteiger partial charge on any atom is -0.351 e. The van der Waals surface area contributed by atoms with E-state index in [0.717, 1.165) is 12.8 Å². The molecule has 2 aromatic rings. The van der Waals surface area contributed by atoms with Crippen LogP contribution in [0.25, 0.3) is 0 Å². The number of hydrogen-bond acceptors (Lipinski definition) is 3. The number of rotatable bonds is 5. The SMILES string of the molecule is NS(=O)(=O)c1ccc(Br)c(C(=O)NCC2(c3ccccc3)CC2)c1. The topological polar surface area (TPSA) is 89.3 Å². The van der Waals surface area contributed by atoms with Gasteiger partial charge in [-0.25, -0.2) is 13.6 Å². The molecule has 3 N–H and O–H groups in total. The predicted octanol–water partition coefficient (Wildman–Crippen LogP) is 2.56. The van der Waals surface area contributed by atoms with Crippen LogP contribution in [0.2, 0.25) is 0 Å². The number of nitrogens with one attached hydrogen (secondary N) is 1. The first-order chi connectivity index (χ1) is 11.3. The second kappa shape index (κ2) is 6.31. The van der Waals surface area contributed by atoms with Gasteiger partial charge in [0, 0.05) is 16.4 Å². The summed E-state index contributed by atoms with van der Waals surface area (Å²) >= 11 is 3.28. The number of benzene rings is 2. The minimum atomic E-state index is -3.85. The molecule has 24 heavy (non-hydrogen) atoms. The highest BCUT2D eigenvalue weighted by Crippen LogP contribution is 2.47. The van der Waals surface area contributed by atoms with Crippen molar-refractivity contribution >= 4 is 31.9 Å². The van der Waals surface area contributed by atoms with Gasteiger partial charge in [-0.05, 0) is 52.5 Å². The lowest BCUT2D eigenvalue weighted by Gasteiger charge is -2.17. The van der Waals surface area contributed by atoms with E-state index in [-0.39, 0.29) is 21.8 Å². The van der Waals surface area contributed by atoms with Crippen molar-refractivity contribution < 1.29 is 13.2 Å². The van der Waals surface area contributed by atoms with Crippen LogP contribution in [0, 0.1) is 0 Å².